The number of hydrogen-bond donors (Lipinski definition) is 4. The van der Waals surface area contributed by atoms with Crippen LogP contribution in [0.25, 0.3) is 0 Å². The predicted molar refractivity (Wildman–Crippen MR) is 104 cm³/mol. The average molecular weight is 367 g/mol. The summed E-state index contributed by atoms with van der Waals surface area (Å²) in [5.41, 5.74) is 2.40. The maximum Gasteiger partial charge on any atom is 0.158 e. The Balaban J connectivity index is 1.71. The molecule has 2 aromatic rings. The van der Waals surface area contributed by atoms with Crippen LogP contribution in [-0.4, -0.2) is 46.3 Å². The van der Waals surface area contributed by atoms with E-state index in [-0.39, 0.29) is 12.3 Å². The molecule has 0 aromatic carbocycles. The van der Waals surface area contributed by atoms with E-state index < -0.39 is 0 Å². The first kappa shape index (κ1) is 19.0. The fourth-order valence-corrected chi connectivity index (χ4v) is 3.11. The normalized spacial score (nSPS) is 14.5. The highest BCUT2D eigenvalue weighted by Gasteiger charge is 2.14. The topological polar surface area (TPSA) is 119 Å². The number of aliphatic hydroxyl groups excluding tert-OH is 1. The van der Waals surface area contributed by atoms with E-state index in [0.717, 1.165) is 37.3 Å². The second-order valence-electron chi connectivity index (χ2n) is 6.65. The first-order chi connectivity index (χ1) is 13.3. The van der Waals surface area contributed by atoms with E-state index in [1.165, 1.54) is 25.2 Å². The van der Waals surface area contributed by atoms with Crippen LogP contribution in [0.2, 0.25) is 0 Å². The average Bonchev–Trinajstić information content (AvgIpc) is 2.73. The van der Waals surface area contributed by atoms with Gasteiger partial charge in [0.05, 0.1) is 12.4 Å². The third-order valence-electron chi connectivity index (χ3n) is 4.65. The number of nitrogens with one attached hydrogen (secondary N) is 3. The van der Waals surface area contributed by atoms with E-state index >= 15 is 0 Å². The van der Waals surface area contributed by atoms with Crippen LogP contribution in [-0.2, 0) is 6.42 Å². The molecule has 1 fully saturated rings. The summed E-state index contributed by atoms with van der Waals surface area (Å²) in [5, 5.41) is 28.0. The van der Waals surface area contributed by atoms with E-state index in [2.05, 4.69) is 30.9 Å². The molecule has 8 nitrogen and oxygen atoms in total. The van der Waals surface area contributed by atoms with E-state index in [4.69, 9.17) is 10.4 Å². The number of nitrogens with zero attached hydrogens (tertiary/aromatic N) is 4. The van der Waals surface area contributed by atoms with Crippen molar-refractivity contribution in [2.24, 2.45) is 5.92 Å². The van der Waals surface area contributed by atoms with E-state index in [9.17, 15) is 0 Å². The second kappa shape index (κ2) is 9.80. The largest absolute Gasteiger partial charge is 0.396 e. The molecule has 0 radical (unpaired) electrons. The first-order valence-electron chi connectivity index (χ1n) is 9.32. The van der Waals surface area contributed by atoms with Crippen molar-refractivity contribution in [3.05, 3.63) is 35.9 Å². The van der Waals surface area contributed by atoms with Gasteiger partial charge in [0.15, 0.2) is 5.69 Å². The molecule has 3 rings (SSSR count). The number of rotatable bonds is 8. The summed E-state index contributed by atoms with van der Waals surface area (Å²) >= 11 is 0. The summed E-state index contributed by atoms with van der Waals surface area (Å²) in [6, 6.07) is 3.92. The first-order valence-corrected chi connectivity index (χ1v) is 9.32. The minimum absolute atomic E-state index is 0.161. The lowest BCUT2D eigenvalue weighted by atomic mass is 9.98. The Bertz CT molecular complexity index is 767. The van der Waals surface area contributed by atoms with E-state index in [1.54, 1.807) is 0 Å². The van der Waals surface area contributed by atoms with Gasteiger partial charge in [-0.1, -0.05) is 0 Å². The Morgan fingerprint density at radius 3 is 2.67 bits per heavy atom. The summed E-state index contributed by atoms with van der Waals surface area (Å²) in [5.74, 6) is 1.86. The maximum atomic E-state index is 9.15. The minimum Gasteiger partial charge on any atom is -0.396 e. The monoisotopic (exact) mass is 367 g/mol. The Morgan fingerprint density at radius 1 is 1.15 bits per heavy atom. The molecule has 0 atom stereocenters. The third-order valence-corrected chi connectivity index (χ3v) is 4.65. The standard InChI is InChI=1S/C19H25N7O/c20-9-16-12-25-19(13-22-16)26-18-8-17(15(11-24-18)2-1-7-27)23-10-14-3-5-21-6-4-14/h8,11-14,21,27H,1-7,10H2,(H2,23,24,25,26). The predicted octanol–water partition coefficient (Wildman–Crippen LogP) is 1.82. The van der Waals surface area contributed by atoms with Crippen molar-refractivity contribution < 1.29 is 5.11 Å². The molecule has 2 aromatic heterocycles. The third kappa shape index (κ3) is 5.61. The number of aryl methyl sites for hydroxylation is 1. The SMILES string of the molecule is N#Cc1cnc(Nc2cc(NCC3CCNCC3)c(CCCO)cn2)cn1. The highest BCUT2D eigenvalue weighted by Crippen LogP contribution is 2.23. The lowest BCUT2D eigenvalue weighted by Crippen LogP contribution is -2.31. The Kier molecular flexibility index (Phi) is 6.90. The number of pyridine rings is 1. The summed E-state index contributed by atoms with van der Waals surface area (Å²) in [6.45, 7) is 3.23. The van der Waals surface area contributed by atoms with Crippen LogP contribution >= 0.6 is 0 Å². The molecule has 0 bridgehead atoms. The van der Waals surface area contributed by atoms with Gasteiger partial charge in [-0.3, -0.25) is 0 Å². The van der Waals surface area contributed by atoms with Crippen molar-refractivity contribution in [2.45, 2.75) is 25.7 Å². The summed E-state index contributed by atoms with van der Waals surface area (Å²) in [6.07, 6.45) is 8.61. The van der Waals surface area contributed by atoms with Crippen LogP contribution < -0.4 is 16.0 Å². The molecule has 8 heteroatoms. The molecule has 1 aliphatic rings. The highest BCUT2D eigenvalue weighted by molar-refractivity contribution is 5.61. The van der Waals surface area contributed by atoms with Gasteiger partial charge in [0.25, 0.3) is 0 Å². The molecule has 3 heterocycles. The molecule has 4 N–H and O–H groups in total. The van der Waals surface area contributed by atoms with Gasteiger partial charge in [-0.25, -0.2) is 15.0 Å². The molecule has 0 spiro atoms. The lowest BCUT2D eigenvalue weighted by molar-refractivity contribution is 0.288. The number of piperidine rings is 1. The van der Waals surface area contributed by atoms with Crippen LogP contribution in [0.1, 0.15) is 30.5 Å². The van der Waals surface area contributed by atoms with Gasteiger partial charge in [-0.2, -0.15) is 5.26 Å². The van der Waals surface area contributed by atoms with Crippen molar-refractivity contribution in [2.75, 3.05) is 36.9 Å². The lowest BCUT2D eigenvalue weighted by Gasteiger charge is -2.24. The van der Waals surface area contributed by atoms with Crippen LogP contribution in [0, 0.1) is 17.2 Å². The van der Waals surface area contributed by atoms with Crippen LogP contribution in [0.3, 0.4) is 0 Å². The molecule has 1 aliphatic heterocycles. The number of aliphatic hydroxyl groups is 1. The van der Waals surface area contributed by atoms with Gasteiger partial charge in [0, 0.05) is 31.1 Å². The highest BCUT2D eigenvalue weighted by atomic mass is 16.2. The summed E-state index contributed by atoms with van der Waals surface area (Å²) < 4.78 is 0. The molecule has 27 heavy (non-hydrogen) atoms. The van der Waals surface area contributed by atoms with Crippen molar-refractivity contribution in [1.82, 2.24) is 20.3 Å². The van der Waals surface area contributed by atoms with E-state index in [1.807, 2.05) is 18.3 Å². The van der Waals surface area contributed by atoms with Crippen LogP contribution in [0.4, 0.5) is 17.3 Å². The van der Waals surface area contributed by atoms with Crippen LogP contribution in [0.5, 0.6) is 0 Å². The number of anilines is 3. The van der Waals surface area contributed by atoms with Gasteiger partial charge in [-0.15, -0.1) is 0 Å². The second-order valence-corrected chi connectivity index (χ2v) is 6.65. The Hall–Kier alpha value is -2.76. The van der Waals surface area contributed by atoms with Crippen LogP contribution in [0.15, 0.2) is 24.7 Å². The minimum atomic E-state index is 0.161. The quantitative estimate of drug-likeness (QED) is 0.558. The molecule has 0 saturated carbocycles. The number of aromatic nitrogens is 3. The zero-order valence-corrected chi connectivity index (χ0v) is 15.3. The summed E-state index contributed by atoms with van der Waals surface area (Å²) in [4.78, 5) is 12.6. The molecule has 0 aliphatic carbocycles. The zero-order valence-electron chi connectivity index (χ0n) is 15.3. The summed E-state index contributed by atoms with van der Waals surface area (Å²) in [7, 11) is 0. The molecular formula is C19H25N7O. The fraction of sp³-hybridized carbons (Fsp3) is 0.474. The Labute approximate surface area is 159 Å². The molecule has 1 saturated heterocycles. The molecule has 0 amide bonds. The fourth-order valence-electron chi connectivity index (χ4n) is 3.11. The maximum absolute atomic E-state index is 9.15. The van der Waals surface area contributed by atoms with Gasteiger partial charge >= 0.3 is 0 Å². The number of nitriles is 1. The molecular weight excluding hydrogens is 342 g/mol. The molecule has 0 unspecified atom stereocenters. The van der Waals surface area contributed by atoms with Gasteiger partial charge in [0.2, 0.25) is 0 Å². The Morgan fingerprint density at radius 2 is 1.96 bits per heavy atom. The van der Waals surface area contributed by atoms with E-state index in [0.29, 0.717) is 24.0 Å². The van der Waals surface area contributed by atoms with Gasteiger partial charge < -0.3 is 21.1 Å². The van der Waals surface area contributed by atoms with Crippen molar-refractivity contribution >= 4 is 17.3 Å². The zero-order chi connectivity index (χ0) is 18.9. The van der Waals surface area contributed by atoms with Crippen molar-refractivity contribution in [3.63, 3.8) is 0 Å². The van der Waals surface area contributed by atoms with Crippen molar-refractivity contribution in [3.8, 4) is 6.07 Å². The number of hydrogen-bond acceptors (Lipinski definition) is 8. The van der Waals surface area contributed by atoms with Gasteiger partial charge in [-0.05, 0) is 50.3 Å². The van der Waals surface area contributed by atoms with Crippen molar-refractivity contribution in [1.29, 1.82) is 5.26 Å². The smallest absolute Gasteiger partial charge is 0.158 e. The van der Waals surface area contributed by atoms with Gasteiger partial charge in [0.1, 0.15) is 17.7 Å². The molecule has 142 valence electrons.